The van der Waals surface area contributed by atoms with Crippen molar-refractivity contribution in [3.05, 3.63) is 29.3 Å². The van der Waals surface area contributed by atoms with Crippen LogP contribution in [0.4, 0.5) is 5.69 Å². The minimum absolute atomic E-state index is 0.197. The summed E-state index contributed by atoms with van der Waals surface area (Å²) in [6.45, 7) is 6.53. The number of hydrogen-bond acceptors (Lipinski definition) is 3. The first-order chi connectivity index (χ1) is 7.00. The van der Waals surface area contributed by atoms with Gasteiger partial charge in [-0.3, -0.25) is 0 Å². The Bertz CT molecular complexity index is 388. The second-order valence-electron chi connectivity index (χ2n) is 4.32. The fourth-order valence-corrected chi connectivity index (χ4v) is 1.32. The minimum atomic E-state index is -0.197. The van der Waals surface area contributed by atoms with Gasteiger partial charge in [0.25, 0.3) is 0 Å². The summed E-state index contributed by atoms with van der Waals surface area (Å²) < 4.78 is 0. The molecule has 1 rings (SSSR count). The maximum absolute atomic E-state index is 8.99. The van der Waals surface area contributed by atoms with Crippen molar-refractivity contribution in [1.29, 1.82) is 5.26 Å². The highest BCUT2D eigenvalue weighted by Gasteiger charge is 2.17. The third-order valence-corrected chi connectivity index (χ3v) is 2.37. The molecule has 0 radical (unpaired) electrons. The molecule has 3 heteroatoms. The fourth-order valence-electron chi connectivity index (χ4n) is 1.32. The Morgan fingerprint density at radius 1 is 1.47 bits per heavy atom. The summed E-state index contributed by atoms with van der Waals surface area (Å²) >= 11 is 0. The molecular formula is C12H17N3. The number of aryl methyl sites for hydroxylation is 1. The lowest BCUT2D eigenvalue weighted by molar-refractivity contribution is 0.579. The van der Waals surface area contributed by atoms with Crippen molar-refractivity contribution in [3.63, 3.8) is 0 Å². The van der Waals surface area contributed by atoms with Crippen molar-refractivity contribution in [2.75, 3.05) is 11.9 Å². The Hall–Kier alpha value is -1.53. The van der Waals surface area contributed by atoms with E-state index in [0.717, 1.165) is 11.3 Å². The van der Waals surface area contributed by atoms with Gasteiger partial charge in [-0.05, 0) is 32.4 Å². The molecule has 0 aromatic heterocycles. The number of benzene rings is 1. The largest absolute Gasteiger partial charge is 0.378 e. The number of anilines is 1. The van der Waals surface area contributed by atoms with E-state index in [1.54, 1.807) is 0 Å². The van der Waals surface area contributed by atoms with Crippen molar-refractivity contribution in [1.82, 2.24) is 0 Å². The van der Waals surface area contributed by atoms with Crippen LogP contribution in [-0.2, 0) is 0 Å². The number of rotatable bonds is 3. The van der Waals surface area contributed by atoms with E-state index in [-0.39, 0.29) is 5.54 Å². The van der Waals surface area contributed by atoms with Crippen molar-refractivity contribution < 1.29 is 0 Å². The highest BCUT2D eigenvalue weighted by atomic mass is 15.0. The third kappa shape index (κ3) is 2.71. The van der Waals surface area contributed by atoms with Crippen LogP contribution in [0.3, 0.4) is 0 Å². The average Bonchev–Trinajstić information content (AvgIpc) is 2.21. The summed E-state index contributed by atoms with van der Waals surface area (Å²) in [5.74, 6) is 0. The van der Waals surface area contributed by atoms with Gasteiger partial charge < -0.3 is 11.1 Å². The highest BCUT2D eigenvalue weighted by Crippen LogP contribution is 2.23. The summed E-state index contributed by atoms with van der Waals surface area (Å²) in [4.78, 5) is 0. The van der Waals surface area contributed by atoms with Gasteiger partial charge in [0.15, 0.2) is 0 Å². The van der Waals surface area contributed by atoms with Gasteiger partial charge in [0.1, 0.15) is 6.07 Å². The molecule has 0 aliphatic heterocycles. The van der Waals surface area contributed by atoms with Crippen LogP contribution < -0.4 is 11.1 Å². The average molecular weight is 203 g/mol. The molecule has 3 N–H and O–H groups in total. The number of para-hydroxylation sites is 1. The summed E-state index contributed by atoms with van der Waals surface area (Å²) in [5.41, 5.74) is 8.07. The molecule has 80 valence electrons. The quantitative estimate of drug-likeness (QED) is 0.790. The molecule has 15 heavy (non-hydrogen) atoms. The van der Waals surface area contributed by atoms with E-state index < -0.39 is 0 Å². The van der Waals surface area contributed by atoms with E-state index in [0.29, 0.717) is 12.1 Å². The van der Waals surface area contributed by atoms with Gasteiger partial charge in [0.2, 0.25) is 0 Å². The van der Waals surface area contributed by atoms with Crippen LogP contribution in [0.2, 0.25) is 0 Å². The van der Waals surface area contributed by atoms with Gasteiger partial charge in [0.05, 0.1) is 11.3 Å². The second kappa shape index (κ2) is 4.33. The fraction of sp³-hybridized carbons (Fsp3) is 0.417. The molecule has 0 atom stereocenters. The van der Waals surface area contributed by atoms with Crippen LogP contribution in [0.15, 0.2) is 18.2 Å². The molecule has 0 saturated heterocycles. The van der Waals surface area contributed by atoms with Crippen molar-refractivity contribution in [2.45, 2.75) is 26.3 Å². The standard InChI is InChI=1S/C12H17N3/c1-9-5-4-6-10(7-13)11(9)15-12(2,3)8-14/h4-6,15H,8,14H2,1-3H3. The Morgan fingerprint density at radius 2 is 2.13 bits per heavy atom. The van der Waals surface area contributed by atoms with Gasteiger partial charge in [-0.15, -0.1) is 0 Å². The van der Waals surface area contributed by atoms with E-state index in [1.165, 1.54) is 0 Å². The third-order valence-electron chi connectivity index (χ3n) is 2.37. The second-order valence-corrected chi connectivity index (χ2v) is 4.32. The molecule has 0 bridgehead atoms. The molecular weight excluding hydrogens is 186 g/mol. The molecule has 1 aromatic rings. The summed E-state index contributed by atoms with van der Waals surface area (Å²) in [6, 6.07) is 7.85. The number of nitrogens with two attached hydrogens (primary N) is 1. The van der Waals surface area contributed by atoms with E-state index in [4.69, 9.17) is 11.0 Å². The minimum Gasteiger partial charge on any atom is -0.378 e. The molecule has 1 aromatic carbocycles. The van der Waals surface area contributed by atoms with Crippen LogP contribution in [0, 0.1) is 18.3 Å². The monoisotopic (exact) mass is 203 g/mol. The predicted octanol–water partition coefficient (Wildman–Crippen LogP) is 2.02. The topological polar surface area (TPSA) is 61.8 Å². The SMILES string of the molecule is Cc1cccc(C#N)c1NC(C)(C)CN. The molecule has 0 amide bonds. The summed E-state index contributed by atoms with van der Waals surface area (Å²) in [7, 11) is 0. The maximum atomic E-state index is 8.99. The molecule has 3 nitrogen and oxygen atoms in total. The van der Waals surface area contributed by atoms with Crippen LogP contribution in [0.1, 0.15) is 25.0 Å². The molecule has 0 saturated carbocycles. The predicted molar refractivity (Wildman–Crippen MR) is 62.7 cm³/mol. The maximum Gasteiger partial charge on any atom is 0.101 e. The lowest BCUT2D eigenvalue weighted by Gasteiger charge is -2.27. The van der Waals surface area contributed by atoms with Gasteiger partial charge in [-0.1, -0.05) is 12.1 Å². The van der Waals surface area contributed by atoms with Crippen LogP contribution in [0.25, 0.3) is 0 Å². The zero-order valence-corrected chi connectivity index (χ0v) is 9.46. The Balaban J connectivity index is 3.09. The van der Waals surface area contributed by atoms with Gasteiger partial charge in [-0.25, -0.2) is 0 Å². The summed E-state index contributed by atoms with van der Waals surface area (Å²) in [6.07, 6.45) is 0. The van der Waals surface area contributed by atoms with E-state index in [9.17, 15) is 0 Å². The van der Waals surface area contributed by atoms with Gasteiger partial charge >= 0.3 is 0 Å². The van der Waals surface area contributed by atoms with Crippen molar-refractivity contribution >= 4 is 5.69 Å². The lowest BCUT2D eigenvalue weighted by Crippen LogP contribution is -2.39. The molecule has 0 unspecified atom stereocenters. The smallest absolute Gasteiger partial charge is 0.101 e. The molecule has 0 aliphatic carbocycles. The van der Waals surface area contributed by atoms with E-state index in [2.05, 4.69) is 11.4 Å². The first kappa shape index (κ1) is 11.5. The van der Waals surface area contributed by atoms with Crippen LogP contribution in [0.5, 0.6) is 0 Å². The van der Waals surface area contributed by atoms with Crippen LogP contribution >= 0.6 is 0 Å². The normalized spacial score (nSPS) is 10.9. The highest BCUT2D eigenvalue weighted by molar-refractivity contribution is 5.63. The number of nitriles is 1. The molecule has 0 fully saturated rings. The van der Waals surface area contributed by atoms with Gasteiger partial charge in [0, 0.05) is 12.1 Å². The van der Waals surface area contributed by atoms with Crippen molar-refractivity contribution in [2.24, 2.45) is 5.73 Å². The first-order valence-electron chi connectivity index (χ1n) is 4.98. The van der Waals surface area contributed by atoms with E-state index >= 15 is 0 Å². The first-order valence-corrected chi connectivity index (χ1v) is 4.98. The lowest BCUT2D eigenvalue weighted by atomic mass is 10.0. The Labute approximate surface area is 90.9 Å². The summed E-state index contributed by atoms with van der Waals surface area (Å²) in [5, 5.41) is 12.3. The number of hydrogen-bond donors (Lipinski definition) is 2. The number of nitrogens with zero attached hydrogens (tertiary/aromatic N) is 1. The molecule has 0 aliphatic rings. The Kier molecular flexibility index (Phi) is 3.33. The molecule has 0 spiro atoms. The van der Waals surface area contributed by atoms with Gasteiger partial charge in [-0.2, -0.15) is 5.26 Å². The zero-order chi connectivity index (χ0) is 11.5. The van der Waals surface area contributed by atoms with Crippen LogP contribution in [-0.4, -0.2) is 12.1 Å². The molecule has 0 heterocycles. The Morgan fingerprint density at radius 3 is 2.67 bits per heavy atom. The van der Waals surface area contributed by atoms with E-state index in [1.807, 2.05) is 39.0 Å². The zero-order valence-electron chi connectivity index (χ0n) is 9.46. The number of nitrogens with one attached hydrogen (secondary N) is 1. The van der Waals surface area contributed by atoms with Crippen molar-refractivity contribution in [3.8, 4) is 6.07 Å².